The Morgan fingerprint density at radius 3 is 2.64 bits per heavy atom. The van der Waals surface area contributed by atoms with Crippen LogP contribution >= 0.6 is 0 Å². The summed E-state index contributed by atoms with van der Waals surface area (Å²) in [6.07, 6.45) is 5.63. The number of nitrogens with zero attached hydrogens (tertiary/aromatic N) is 1. The van der Waals surface area contributed by atoms with Crippen molar-refractivity contribution >= 4 is 0 Å². The lowest BCUT2D eigenvalue weighted by Crippen LogP contribution is -2.50. The summed E-state index contributed by atoms with van der Waals surface area (Å²) in [6.45, 7) is 7.35. The Kier molecular flexibility index (Phi) is 2.68. The molecule has 0 atom stereocenters. The third-order valence-corrected chi connectivity index (χ3v) is 2.41. The maximum atomic E-state index is 5.67. The van der Waals surface area contributed by atoms with Crippen molar-refractivity contribution in [3.8, 4) is 0 Å². The Morgan fingerprint density at radius 1 is 1.45 bits per heavy atom. The van der Waals surface area contributed by atoms with Gasteiger partial charge >= 0.3 is 0 Å². The SMILES string of the molecule is CC(C)(CN)N1CC=CCC1. The molecule has 2 N–H and O–H groups in total. The summed E-state index contributed by atoms with van der Waals surface area (Å²) in [6, 6.07) is 0. The highest BCUT2D eigenvalue weighted by atomic mass is 15.2. The standard InChI is InChI=1S/C9H18N2/c1-9(2,8-10)11-6-4-3-5-7-11/h3-4H,5-8,10H2,1-2H3. The normalized spacial score (nSPS) is 20.6. The minimum atomic E-state index is 0.171. The molecule has 2 heteroatoms. The maximum Gasteiger partial charge on any atom is 0.0278 e. The van der Waals surface area contributed by atoms with E-state index in [1.54, 1.807) is 0 Å². The van der Waals surface area contributed by atoms with Gasteiger partial charge in [-0.1, -0.05) is 12.2 Å². The first-order valence-corrected chi connectivity index (χ1v) is 4.27. The van der Waals surface area contributed by atoms with Crippen molar-refractivity contribution in [2.24, 2.45) is 5.73 Å². The Hall–Kier alpha value is -0.340. The number of nitrogens with two attached hydrogens (primary N) is 1. The summed E-state index contributed by atoms with van der Waals surface area (Å²) in [5, 5.41) is 0. The van der Waals surface area contributed by atoms with Gasteiger partial charge in [0.05, 0.1) is 0 Å². The van der Waals surface area contributed by atoms with Crippen molar-refractivity contribution in [2.45, 2.75) is 25.8 Å². The van der Waals surface area contributed by atoms with Crippen molar-refractivity contribution < 1.29 is 0 Å². The molecule has 1 aliphatic rings. The van der Waals surface area contributed by atoms with Gasteiger partial charge in [0.15, 0.2) is 0 Å². The van der Waals surface area contributed by atoms with Gasteiger partial charge < -0.3 is 5.73 Å². The van der Waals surface area contributed by atoms with Crippen molar-refractivity contribution in [2.75, 3.05) is 19.6 Å². The lowest BCUT2D eigenvalue weighted by atomic mass is 10.0. The predicted molar refractivity (Wildman–Crippen MR) is 48.5 cm³/mol. The van der Waals surface area contributed by atoms with E-state index in [1.165, 1.54) is 6.42 Å². The van der Waals surface area contributed by atoms with Gasteiger partial charge in [-0.25, -0.2) is 0 Å². The predicted octanol–water partition coefficient (Wildman–Crippen LogP) is 0.986. The number of hydrogen-bond donors (Lipinski definition) is 1. The molecule has 0 amide bonds. The van der Waals surface area contributed by atoms with Gasteiger partial charge in [-0.05, 0) is 20.3 Å². The molecule has 0 unspecified atom stereocenters. The van der Waals surface area contributed by atoms with E-state index in [-0.39, 0.29) is 5.54 Å². The van der Waals surface area contributed by atoms with Gasteiger partial charge in [0.1, 0.15) is 0 Å². The zero-order chi connectivity index (χ0) is 8.32. The first kappa shape index (κ1) is 8.75. The summed E-state index contributed by atoms with van der Waals surface area (Å²) >= 11 is 0. The summed E-state index contributed by atoms with van der Waals surface area (Å²) in [5.74, 6) is 0. The summed E-state index contributed by atoms with van der Waals surface area (Å²) in [4.78, 5) is 2.42. The molecule has 0 aliphatic carbocycles. The summed E-state index contributed by atoms with van der Waals surface area (Å²) in [5.41, 5.74) is 5.84. The molecule has 0 aromatic carbocycles. The molecule has 1 aliphatic heterocycles. The molecule has 0 aromatic heterocycles. The molecule has 11 heavy (non-hydrogen) atoms. The van der Waals surface area contributed by atoms with Gasteiger partial charge in [0, 0.05) is 25.2 Å². The fraction of sp³-hybridized carbons (Fsp3) is 0.778. The average molecular weight is 154 g/mol. The maximum absolute atomic E-state index is 5.67. The first-order chi connectivity index (χ1) is 5.17. The van der Waals surface area contributed by atoms with Crippen LogP contribution in [0.3, 0.4) is 0 Å². The molecule has 0 fully saturated rings. The van der Waals surface area contributed by atoms with E-state index in [0.29, 0.717) is 0 Å². The van der Waals surface area contributed by atoms with Gasteiger partial charge in [-0.15, -0.1) is 0 Å². The lowest BCUT2D eigenvalue weighted by Gasteiger charge is -2.38. The highest BCUT2D eigenvalue weighted by Gasteiger charge is 2.24. The molecular weight excluding hydrogens is 136 g/mol. The van der Waals surface area contributed by atoms with Crippen LogP contribution in [0, 0.1) is 0 Å². The molecule has 2 nitrogen and oxygen atoms in total. The Morgan fingerprint density at radius 2 is 2.18 bits per heavy atom. The minimum Gasteiger partial charge on any atom is -0.329 e. The second kappa shape index (κ2) is 3.37. The smallest absolute Gasteiger partial charge is 0.0278 e. The number of hydrogen-bond acceptors (Lipinski definition) is 2. The van der Waals surface area contributed by atoms with E-state index in [0.717, 1.165) is 19.6 Å². The van der Waals surface area contributed by atoms with E-state index in [2.05, 4.69) is 30.9 Å². The molecule has 0 radical (unpaired) electrons. The third kappa shape index (κ3) is 2.04. The minimum absolute atomic E-state index is 0.171. The van der Waals surface area contributed by atoms with Crippen LogP contribution in [-0.4, -0.2) is 30.1 Å². The number of rotatable bonds is 2. The molecule has 0 spiro atoms. The molecule has 0 aromatic rings. The molecule has 0 saturated carbocycles. The quantitative estimate of drug-likeness (QED) is 0.601. The van der Waals surface area contributed by atoms with Crippen LogP contribution in [0.15, 0.2) is 12.2 Å². The second-order valence-corrected chi connectivity index (χ2v) is 3.72. The average Bonchev–Trinajstić information content (AvgIpc) is 2.06. The Labute approximate surface area is 69.1 Å². The highest BCUT2D eigenvalue weighted by Crippen LogP contribution is 2.15. The molecule has 1 rings (SSSR count). The zero-order valence-corrected chi connectivity index (χ0v) is 7.51. The van der Waals surface area contributed by atoms with Crippen LogP contribution in [0.5, 0.6) is 0 Å². The van der Waals surface area contributed by atoms with E-state index in [9.17, 15) is 0 Å². The summed E-state index contributed by atoms with van der Waals surface area (Å²) in [7, 11) is 0. The van der Waals surface area contributed by atoms with Crippen molar-refractivity contribution in [1.29, 1.82) is 0 Å². The van der Waals surface area contributed by atoms with Crippen molar-refractivity contribution in [3.63, 3.8) is 0 Å². The second-order valence-electron chi connectivity index (χ2n) is 3.72. The van der Waals surface area contributed by atoms with Gasteiger partial charge in [-0.3, -0.25) is 4.90 Å². The van der Waals surface area contributed by atoms with E-state index in [4.69, 9.17) is 5.73 Å². The van der Waals surface area contributed by atoms with Crippen LogP contribution in [0.25, 0.3) is 0 Å². The van der Waals surface area contributed by atoms with Crippen LogP contribution in [0.1, 0.15) is 20.3 Å². The van der Waals surface area contributed by atoms with E-state index in [1.807, 2.05) is 0 Å². The fourth-order valence-electron chi connectivity index (χ4n) is 1.32. The van der Waals surface area contributed by atoms with Crippen LogP contribution in [0.2, 0.25) is 0 Å². The third-order valence-electron chi connectivity index (χ3n) is 2.41. The van der Waals surface area contributed by atoms with Gasteiger partial charge in [0.25, 0.3) is 0 Å². The van der Waals surface area contributed by atoms with Crippen LogP contribution in [-0.2, 0) is 0 Å². The first-order valence-electron chi connectivity index (χ1n) is 4.27. The molecule has 0 bridgehead atoms. The monoisotopic (exact) mass is 154 g/mol. The molecule has 1 heterocycles. The van der Waals surface area contributed by atoms with Crippen LogP contribution < -0.4 is 5.73 Å². The largest absolute Gasteiger partial charge is 0.329 e. The van der Waals surface area contributed by atoms with Crippen molar-refractivity contribution in [1.82, 2.24) is 4.90 Å². The topological polar surface area (TPSA) is 29.3 Å². The van der Waals surface area contributed by atoms with Crippen LogP contribution in [0.4, 0.5) is 0 Å². The zero-order valence-electron chi connectivity index (χ0n) is 7.51. The summed E-state index contributed by atoms with van der Waals surface area (Å²) < 4.78 is 0. The highest BCUT2D eigenvalue weighted by molar-refractivity contribution is 4.96. The van der Waals surface area contributed by atoms with Gasteiger partial charge in [-0.2, -0.15) is 0 Å². The van der Waals surface area contributed by atoms with E-state index >= 15 is 0 Å². The Bertz CT molecular complexity index is 150. The fourth-order valence-corrected chi connectivity index (χ4v) is 1.32. The lowest BCUT2D eigenvalue weighted by molar-refractivity contribution is 0.141. The Balaban J connectivity index is 2.52. The van der Waals surface area contributed by atoms with Gasteiger partial charge in [0.2, 0.25) is 0 Å². The molecule has 0 saturated heterocycles. The molecular formula is C9H18N2. The van der Waals surface area contributed by atoms with E-state index < -0.39 is 0 Å². The van der Waals surface area contributed by atoms with Crippen molar-refractivity contribution in [3.05, 3.63) is 12.2 Å². The molecule has 64 valence electrons.